The molecule has 0 aliphatic carbocycles. The zero-order valence-corrected chi connectivity index (χ0v) is 15.2. The average Bonchev–Trinajstić information content (AvgIpc) is 2.61. The number of benzene rings is 3. The Kier molecular flexibility index (Phi) is 5.96. The third-order valence-corrected chi connectivity index (χ3v) is 4.56. The SMILES string of the molecule is Fc1ccc(CNc2cccc(NCc3ccc(F)cc3Cl)c2)c(Cl)c1. The van der Waals surface area contributed by atoms with E-state index in [1.54, 1.807) is 12.1 Å². The summed E-state index contributed by atoms with van der Waals surface area (Å²) in [7, 11) is 0. The van der Waals surface area contributed by atoms with Crippen molar-refractivity contribution in [2.24, 2.45) is 0 Å². The largest absolute Gasteiger partial charge is 0.381 e. The average molecular weight is 393 g/mol. The van der Waals surface area contributed by atoms with E-state index in [4.69, 9.17) is 23.2 Å². The van der Waals surface area contributed by atoms with Gasteiger partial charge in [0.25, 0.3) is 0 Å². The molecule has 3 rings (SSSR count). The highest BCUT2D eigenvalue weighted by molar-refractivity contribution is 6.31. The molecule has 0 saturated heterocycles. The van der Waals surface area contributed by atoms with E-state index >= 15 is 0 Å². The predicted molar refractivity (Wildman–Crippen MR) is 104 cm³/mol. The van der Waals surface area contributed by atoms with Crippen LogP contribution in [0.1, 0.15) is 11.1 Å². The summed E-state index contributed by atoms with van der Waals surface area (Å²) < 4.78 is 26.2. The summed E-state index contributed by atoms with van der Waals surface area (Å²) in [5.41, 5.74) is 3.40. The van der Waals surface area contributed by atoms with Gasteiger partial charge in [-0.25, -0.2) is 8.78 Å². The molecule has 0 unspecified atom stereocenters. The van der Waals surface area contributed by atoms with Crippen molar-refractivity contribution in [1.82, 2.24) is 0 Å². The highest BCUT2D eigenvalue weighted by Gasteiger charge is 2.04. The van der Waals surface area contributed by atoms with Gasteiger partial charge in [0.05, 0.1) is 0 Å². The fraction of sp³-hybridized carbons (Fsp3) is 0.100. The van der Waals surface area contributed by atoms with Crippen LogP contribution in [0.25, 0.3) is 0 Å². The van der Waals surface area contributed by atoms with Gasteiger partial charge in [-0.15, -0.1) is 0 Å². The second-order valence-electron chi connectivity index (χ2n) is 5.76. The van der Waals surface area contributed by atoms with Gasteiger partial charge in [0.2, 0.25) is 0 Å². The Balaban J connectivity index is 1.62. The highest BCUT2D eigenvalue weighted by Crippen LogP contribution is 2.22. The van der Waals surface area contributed by atoms with E-state index in [9.17, 15) is 8.78 Å². The monoisotopic (exact) mass is 392 g/mol. The molecule has 0 atom stereocenters. The van der Waals surface area contributed by atoms with Crippen LogP contribution in [0.3, 0.4) is 0 Å². The minimum atomic E-state index is -0.357. The zero-order chi connectivity index (χ0) is 18.5. The maximum atomic E-state index is 13.1. The van der Waals surface area contributed by atoms with Crippen molar-refractivity contribution >= 4 is 34.6 Å². The Morgan fingerprint density at radius 1 is 0.654 bits per heavy atom. The Labute approximate surface area is 160 Å². The van der Waals surface area contributed by atoms with Crippen LogP contribution in [0.5, 0.6) is 0 Å². The minimum absolute atomic E-state index is 0.357. The number of anilines is 2. The molecule has 0 saturated carbocycles. The summed E-state index contributed by atoms with van der Waals surface area (Å²) in [6, 6.07) is 16.4. The second kappa shape index (κ2) is 8.39. The van der Waals surface area contributed by atoms with Gasteiger partial charge in [-0.2, -0.15) is 0 Å². The van der Waals surface area contributed by atoms with Crippen molar-refractivity contribution in [2.75, 3.05) is 10.6 Å². The summed E-state index contributed by atoms with van der Waals surface area (Å²) in [6.07, 6.45) is 0. The number of rotatable bonds is 6. The van der Waals surface area contributed by atoms with Crippen LogP contribution in [0.4, 0.5) is 20.2 Å². The van der Waals surface area contributed by atoms with Crippen LogP contribution in [0.2, 0.25) is 10.0 Å². The Morgan fingerprint density at radius 3 is 1.54 bits per heavy atom. The summed E-state index contributed by atoms with van der Waals surface area (Å²) in [4.78, 5) is 0. The van der Waals surface area contributed by atoms with E-state index in [1.807, 2.05) is 24.3 Å². The van der Waals surface area contributed by atoms with Crippen molar-refractivity contribution in [3.8, 4) is 0 Å². The molecule has 0 amide bonds. The van der Waals surface area contributed by atoms with Crippen molar-refractivity contribution in [2.45, 2.75) is 13.1 Å². The van der Waals surface area contributed by atoms with E-state index in [0.717, 1.165) is 22.5 Å². The van der Waals surface area contributed by atoms with Crippen molar-refractivity contribution in [3.63, 3.8) is 0 Å². The lowest BCUT2D eigenvalue weighted by Crippen LogP contribution is -2.03. The van der Waals surface area contributed by atoms with Gasteiger partial charge in [-0.1, -0.05) is 41.4 Å². The number of hydrogen-bond donors (Lipinski definition) is 2. The first-order valence-electron chi connectivity index (χ1n) is 7.97. The van der Waals surface area contributed by atoms with Crippen LogP contribution >= 0.6 is 23.2 Å². The highest BCUT2D eigenvalue weighted by atomic mass is 35.5. The molecule has 0 bridgehead atoms. The molecular weight excluding hydrogens is 377 g/mol. The molecule has 0 fully saturated rings. The summed E-state index contributed by atoms with van der Waals surface area (Å²) in [6.45, 7) is 0.957. The minimum Gasteiger partial charge on any atom is -0.381 e. The van der Waals surface area contributed by atoms with E-state index in [1.165, 1.54) is 24.3 Å². The molecule has 2 nitrogen and oxygen atoms in total. The Hall–Kier alpha value is -2.30. The quantitative estimate of drug-likeness (QED) is 0.500. The maximum absolute atomic E-state index is 13.1. The molecular formula is C20H16Cl2F2N2. The number of hydrogen-bond acceptors (Lipinski definition) is 2. The molecule has 6 heteroatoms. The molecule has 3 aromatic rings. The van der Waals surface area contributed by atoms with Gasteiger partial charge in [0.15, 0.2) is 0 Å². The van der Waals surface area contributed by atoms with Crippen LogP contribution in [-0.4, -0.2) is 0 Å². The predicted octanol–water partition coefficient (Wildman–Crippen LogP) is 6.50. The van der Waals surface area contributed by atoms with Crippen molar-refractivity contribution in [3.05, 3.63) is 93.5 Å². The van der Waals surface area contributed by atoms with E-state index in [-0.39, 0.29) is 11.6 Å². The number of nitrogens with one attached hydrogen (secondary N) is 2. The molecule has 0 aromatic heterocycles. The second-order valence-corrected chi connectivity index (χ2v) is 6.57. The fourth-order valence-electron chi connectivity index (χ4n) is 2.46. The first-order chi connectivity index (χ1) is 12.5. The summed E-state index contributed by atoms with van der Waals surface area (Å²) in [5, 5.41) is 7.29. The zero-order valence-electron chi connectivity index (χ0n) is 13.7. The van der Waals surface area contributed by atoms with Crippen LogP contribution in [0, 0.1) is 11.6 Å². The Morgan fingerprint density at radius 2 is 1.12 bits per heavy atom. The van der Waals surface area contributed by atoms with Crippen LogP contribution < -0.4 is 10.6 Å². The fourth-order valence-corrected chi connectivity index (χ4v) is 2.93. The normalized spacial score (nSPS) is 10.6. The lowest BCUT2D eigenvalue weighted by Gasteiger charge is -2.12. The molecule has 0 spiro atoms. The molecule has 0 aliphatic heterocycles. The van der Waals surface area contributed by atoms with Gasteiger partial charge in [0.1, 0.15) is 11.6 Å². The first-order valence-corrected chi connectivity index (χ1v) is 8.72. The van der Waals surface area contributed by atoms with Gasteiger partial charge >= 0.3 is 0 Å². The smallest absolute Gasteiger partial charge is 0.124 e. The summed E-state index contributed by atoms with van der Waals surface area (Å²) in [5.74, 6) is -0.714. The van der Waals surface area contributed by atoms with Crippen molar-refractivity contribution < 1.29 is 8.78 Å². The molecule has 134 valence electrons. The van der Waals surface area contributed by atoms with Gasteiger partial charge in [0, 0.05) is 34.5 Å². The maximum Gasteiger partial charge on any atom is 0.124 e. The van der Waals surface area contributed by atoms with E-state index in [0.29, 0.717) is 23.1 Å². The van der Waals surface area contributed by atoms with Gasteiger partial charge in [-0.3, -0.25) is 0 Å². The van der Waals surface area contributed by atoms with Gasteiger partial charge in [-0.05, 0) is 53.6 Å². The third kappa shape index (κ3) is 4.87. The lowest BCUT2D eigenvalue weighted by atomic mass is 10.2. The summed E-state index contributed by atoms with van der Waals surface area (Å²) >= 11 is 12.1. The molecule has 2 N–H and O–H groups in total. The lowest BCUT2D eigenvalue weighted by molar-refractivity contribution is 0.627. The molecule has 0 heterocycles. The molecule has 3 aromatic carbocycles. The van der Waals surface area contributed by atoms with Crippen molar-refractivity contribution in [1.29, 1.82) is 0 Å². The van der Waals surface area contributed by atoms with E-state index < -0.39 is 0 Å². The molecule has 26 heavy (non-hydrogen) atoms. The van der Waals surface area contributed by atoms with Crippen LogP contribution in [-0.2, 0) is 13.1 Å². The molecule has 0 aliphatic rings. The van der Waals surface area contributed by atoms with Gasteiger partial charge < -0.3 is 10.6 Å². The number of halogens is 4. The van der Waals surface area contributed by atoms with E-state index in [2.05, 4.69) is 10.6 Å². The van der Waals surface area contributed by atoms with Crippen LogP contribution in [0.15, 0.2) is 60.7 Å². The Bertz CT molecular complexity index is 845. The standard InChI is InChI=1S/C20H16Cl2F2N2/c21-19-8-15(23)6-4-13(19)11-25-17-2-1-3-18(10-17)26-12-14-5-7-16(24)9-20(14)22/h1-10,25-26H,11-12H2. The third-order valence-electron chi connectivity index (χ3n) is 3.86. The molecule has 0 radical (unpaired) electrons. The topological polar surface area (TPSA) is 24.1 Å². The first kappa shape index (κ1) is 18.5.